The third-order valence-electron chi connectivity index (χ3n) is 3.44. The Bertz CT molecular complexity index is 755. The van der Waals surface area contributed by atoms with Gasteiger partial charge in [-0.05, 0) is 48.9 Å². The molecule has 2 N–H and O–H groups in total. The van der Waals surface area contributed by atoms with Gasteiger partial charge in [-0.25, -0.2) is 0 Å². The smallest absolute Gasteiger partial charge is 0.170 e. The zero-order valence-corrected chi connectivity index (χ0v) is 13.0. The first-order chi connectivity index (χ1) is 11.2. The summed E-state index contributed by atoms with van der Waals surface area (Å²) in [4.78, 5) is 0. The van der Waals surface area contributed by atoms with Crippen molar-refractivity contribution >= 4 is 0 Å². The summed E-state index contributed by atoms with van der Waals surface area (Å²) in [6.07, 6.45) is 0. The summed E-state index contributed by atoms with van der Waals surface area (Å²) in [7, 11) is 0. The minimum atomic E-state index is -0.0705. The van der Waals surface area contributed by atoms with Gasteiger partial charge in [-0.3, -0.25) is 0 Å². The monoisotopic (exact) mass is 305 g/mol. The van der Waals surface area contributed by atoms with Crippen LogP contribution in [0.1, 0.15) is 18.5 Å². The van der Waals surface area contributed by atoms with Gasteiger partial charge in [0.15, 0.2) is 11.5 Å². The topological polar surface area (TPSA) is 44.5 Å². The number of nitrogens with two attached hydrogens (primary N) is 1. The summed E-state index contributed by atoms with van der Waals surface area (Å²) in [5, 5.41) is 0. The number of benzene rings is 3. The Hall–Kier alpha value is -2.78. The van der Waals surface area contributed by atoms with E-state index < -0.39 is 0 Å². The van der Waals surface area contributed by atoms with E-state index in [0.717, 1.165) is 17.1 Å². The Labute approximate surface area is 136 Å². The highest BCUT2D eigenvalue weighted by atomic mass is 16.5. The Morgan fingerprint density at radius 2 is 1.22 bits per heavy atom. The Balaban J connectivity index is 1.94. The van der Waals surface area contributed by atoms with Gasteiger partial charge in [0.25, 0.3) is 0 Å². The predicted octanol–water partition coefficient (Wildman–Crippen LogP) is 5.29. The van der Waals surface area contributed by atoms with Crippen LogP contribution in [0.25, 0.3) is 0 Å². The molecule has 0 saturated carbocycles. The van der Waals surface area contributed by atoms with Crippen molar-refractivity contribution in [3.8, 4) is 23.0 Å². The molecular formula is C20H19NO2. The quantitative estimate of drug-likeness (QED) is 0.696. The Morgan fingerprint density at radius 3 is 1.74 bits per heavy atom. The summed E-state index contributed by atoms with van der Waals surface area (Å²) in [5.74, 6) is 2.82. The molecule has 0 unspecified atom stereocenters. The molecule has 0 fully saturated rings. The molecule has 0 amide bonds. The summed E-state index contributed by atoms with van der Waals surface area (Å²) in [5.41, 5.74) is 6.98. The van der Waals surface area contributed by atoms with Crippen LogP contribution in [0.4, 0.5) is 0 Å². The highest BCUT2D eigenvalue weighted by molar-refractivity contribution is 5.48. The maximum absolute atomic E-state index is 5.99. The van der Waals surface area contributed by atoms with Gasteiger partial charge in [0, 0.05) is 6.04 Å². The maximum atomic E-state index is 5.99. The fourth-order valence-corrected chi connectivity index (χ4v) is 2.20. The summed E-state index contributed by atoms with van der Waals surface area (Å²) < 4.78 is 11.9. The van der Waals surface area contributed by atoms with Crippen molar-refractivity contribution in [3.05, 3.63) is 84.4 Å². The van der Waals surface area contributed by atoms with Crippen LogP contribution in [-0.4, -0.2) is 0 Å². The molecule has 3 rings (SSSR count). The van der Waals surface area contributed by atoms with Crippen LogP contribution in [0.3, 0.4) is 0 Å². The van der Waals surface area contributed by atoms with E-state index in [4.69, 9.17) is 15.2 Å². The van der Waals surface area contributed by atoms with Crippen LogP contribution in [0.2, 0.25) is 0 Å². The number of hydrogen-bond acceptors (Lipinski definition) is 3. The van der Waals surface area contributed by atoms with E-state index in [0.29, 0.717) is 11.5 Å². The first kappa shape index (κ1) is 15.1. The fourth-order valence-electron chi connectivity index (χ4n) is 2.20. The minimum absolute atomic E-state index is 0.0705. The van der Waals surface area contributed by atoms with E-state index in [1.54, 1.807) is 0 Å². The van der Waals surface area contributed by atoms with Crippen molar-refractivity contribution in [2.75, 3.05) is 0 Å². The van der Waals surface area contributed by atoms with Gasteiger partial charge in [-0.1, -0.05) is 42.5 Å². The van der Waals surface area contributed by atoms with Gasteiger partial charge >= 0.3 is 0 Å². The molecular weight excluding hydrogens is 286 g/mol. The minimum Gasteiger partial charge on any atom is -0.453 e. The van der Waals surface area contributed by atoms with Crippen molar-refractivity contribution in [2.45, 2.75) is 13.0 Å². The van der Waals surface area contributed by atoms with E-state index in [2.05, 4.69) is 0 Å². The third kappa shape index (κ3) is 3.90. The molecule has 1 atom stereocenters. The molecule has 3 aromatic carbocycles. The van der Waals surface area contributed by atoms with Gasteiger partial charge in [0.1, 0.15) is 11.5 Å². The van der Waals surface area contributed by atoms with Gasteiger partial charge in [0.2, 0.25) is 0 Å². The first-order valence-corrected chi connectivity index (χ1v) is 7.58. The highest BCUT2D eigenvalue weighted by Crippen LogP contribution is 2.36. The molecule has 3 aromatic rings. The van der Waals surface area contributed by atoms with Crippen molar-refractivity contribution in [2.24, 2.45) is 5.73 Å². The second-order valence-electron chi connectivity index (χ2n) is 5.33. The molecule has 0 aliphatic heterocycles. The van der Waals surface area contributed by atoms with E-state index in [9.17, 15) is 0 Å². The molecule has 0 heterocycles. The van der Waals surface area contributed by atoms with Crippen LogP contribution in [0, 0.1) is 0 Å². The molecule has 116 valence electrons. The molecule has 0 radical (unpaired) electrons. The highest BCUT2D eigenvalue weighted by Gasteiger charge is 2.11. The summed E-state index contributed by atoms with van der Waals surface area (Å²) in [6, 6.07) is 25.0. The zero-order chi connectivity index (χ0) is 16.1. The molecule has 3 nitrogen and oxygen atoms in total. The summed E-state index contributed by atoms with van der Waals surface area (Å²) >= 11 is 0. The van der Waals surface area contributed by atoms with Crippen molar-refractivity contribution in [1.82, 2.24) is 0 Å². The molecule has 23 heavy (non-hydrogen) atoms. The first-order valence-electron chi connectivity index (χ1n) is 7.58. The van der Waals surface area contributed by atoms with Crippen molar-refractivity contribution in [1.29, 1.82) is 0 Å². The third-order valence-corrected chi connectivity index (χ3v) is 3.44. The van der Waals surface area contributed by atoms with Crippen LogP contribution in [-0.2, 0) is 0 Å². The van der Waals surface area contributed by atoms with Crippen LogP contribution in [0.5, 0.6) is 23.0 Å². The van der Waals surface area contributed by atoms with E-state index >= 15 is 0 Å². The lowest BCUT2D eigenvalue weighted by Gasteiger charge is -2.15. The SMILES string of the molecule is C[C@H](N)c1ccc(Oc2ccccc2)c(Oc2ccccc2)c1. The standard InChI is InChI=1S/C20H19NO2/c1-15(21)16-12-13-19(22-17-8-4-2-5-9-17)20(14-16)23-18-10-6-3-7-11-18/h2-15H,21H2,1H3/t15-/m0/s1. The number of ether oxygens (including phenoxy) is 2. The zero-order valence-electron chi connectivity index (χ0n) is 13.0. The number of hydrogen-bond donors (Lipinski definition) is 1. The molecule has 3 heteroatoms. The molecule has 0 spiro atoms. The fraction of sp³-hybridized carbons (Fsp3) is 0.100. The van der Waals surface area contributed by atoms with Crippen molar-refractivity contribution in [3.63, 3.8) is 0 Å². The Kier molecular flexibility index (Phi) is 4.60. The lowest BCUT2D eigenvalue weighted by atomic mass is 10.1. The van der Waals surface area contributed by atoms with Gasteiger partial charge in [-0.15, -0.1) is 0 Å². The number of para-hydroxylation sites is 2. The molecule has 0 bridgehead atoms. The second kappa shape index (κ2) is 6.99. The molecule has 0 aromatic heterocycles. The van der Waals surface area contributed by atoms with E-state index in [-0.39, 0.29) is 6.04 Å². The van der Waals surface area contributed by atoms with E-state index in [1.807, 2.05) is 85.8 Å². The largest absolute Gasteiger partial charge is 0.453 e. The lowest BCUT2D eigenvalue weighted by Crippen LogP contribution is -2.05. The second-order valence-corrected chi connectivity index (χ2v) is 5.33. The summed E-state index contributed by atoms with van der Waals surface area (Å²) in [6.45, 7) is 1.94. The van der Waals surface area contributed by atoms with Crippen LogP contribution >= 0.6 is 0 Å². The van der Waals surface area contributed by atoms with Crippen LogP contribution in [0.15, 0.2) is 78.9 Å². The molecule has 0 aliphatic carbocycles. The molecule has 0 aliphatic rings. The maximum Gasteiger partial charge on any atom is 0.170 e. The average Bonchev–Trinajstić information content (AvgIpc) is 2.58. The Morgan fingerprint density at radius 1 is 0.696 bits per heavy atom. The average molecular weight is 305 g/mol. The predicted molar refractivity (Wildman–Crippen MR) is 92.1 cm³/mol. The van der Waals surface area contributed by atoms with Gasteiger partial charge in [-0.2, -0.15) is 0 Å². The van der Waals surface area contributed by atoms with E-state index in [1.165, 1.54) is 0 Å². The molecule has 0 saturated heterocycles. The van der Waals surface area contributed by atoms with Crippen molar-refractivity contribution < 1.29 is 9.47 Å². The van der Waals surface area contributed by atoms with Crippen LogP contribution < -0.4 is 15.2 Å². The number of rotatable bonds is 5. The van der Waals surface area contributed by atoms with Gasteiger partial charge < -0.3 is 15.2 Å². The lowest BCUT2D eigenvalue weighted by molar-refractivity contribution is 0.418. The van der Waals surface area contributed by atoms with Gasteiger partial charge in [0.05, 0.1) is 0 Å². The normalized spacial score (nSPS) is 11.7.